The van der Waals surface area contributed by atoms with Crippen LogP contribution in [-0.4, -0.2) is 39.6 Å². The Morgan fingerprint density at radius 3 is 2.22 bits per heavy atom. The minimum absolute atomic E-state index is 0.0872. The number of para-hydroxylation sites is 1. The number of hydrogen-bond donors (Lipinski definition) is 1. The number of anilines is 1. The molecule has 0 atom stereocenters. The molecule has 0 unspecified atom stereocenters. The highest BCUT2D eigenvalue weighted by Crippen LogP contribution is 2.30. The molecule has 3 rings (SSSR count). The molecule has 0 aliphatic heterocycles. The van der Waals surface area contributed by atoms with E-state index in [2.05, 4.69) is 5.32 Å². The van der Waals surface area contributed by atoms with Crippen molar-refractivity contribution in [3.63, 3.8) is 0 Å². The van der Waals surface area contributed by atoms with E-state index in [1.807, 2.05) is 65.0 Å². The number of benzene rings is 2. The molecule has 0 aliphatic carbocycles. The van der Waals surface area contributed by atoms with E-state index in [-0.39, 0.29) is 24.1 Å². The predicted octanol–water partition coefficient (Wildman–Crippen LogP) is 5.99. The van der Waals surface area contributed by atoms with E-state index in [9.17, 15) is 22.8 Å². The van der Waals surface area contributed by atoms with Crippen molar-refractivity contribution < 1.29 is 22.8 Å². The third kappa shape index (κ3) is 6.33. The first-order valence-corrected chi connectivity index (χ1v) is 11.7. The number of nitrogens with zero attached hydrogens (tertiary/aromatic N) is 3. The van der Waals surface area contributed by atoms with Gasteiger partial charge in [-0.15, -0.1) is 0 Å². The molecule has 0 aliphatic rings. The van der Waals surface area contributed by atoms with E-state index < -0.39 is 23.6 Å². The predicted molar refractivity (Wildman–Crippen MR) is 133 cm³/mol. The minimum Gasteiger partial charge on any atom is -0.329 e. The molecular formula is C27H31F3N4O2. The topological polar surface area (TPSA) is 67.2 Å². The summed E-state index contributed by atoms with van der Waals surface area (Å²) in [6, 6.07) is 13.5. The molecule has 0 saturated heterocycles. The first kappa shape index (κ1) is 27.0. The van der Waals surface area contributed by atoms with Gasteiger partial charge in [-0.25, -0.2) is 4.68 Å². The van der Waals surface area contributed by atoms with E-state index >= 15 is 0 Å². The first-order chi connectivity index (χ1) is 16.8. The summed E-state index contributed by atoms with van der Waals surface area (Å²) in [6.07, 6.45) is -3.91. The lowest BCUT2D eigenvalue weighted by Gasteiger charge is -2.22. The summed E-state index contributed by atoms with van der Waals surface area (Å²) in [4.78, 5) is 27.4. The van der Waals surface area contributed by atoms with Gasteiger partial charge in [0.15, 0.2) is 0 Å². The van der Waals surface area contributed by atoms with Gasteiger partial charge in [-0.05, 0) is 49.2 Å². The summed E-state index contributed by atoms with van der Waals surface area (Å²) in [5.74, 6) is -0.472. The lowest BCUT2D eigenvalue weighted by Crippen LogP contribution is -2.38. The van der Waals surface area contributed by atoms with E-state index in [0.717, 1.165) is 41.2 Å². The highest BCUT2D eigenvalue weighted by molar-refractivity contribution is 5.99. The Bertz CT molecular complexity index is 1230. The number of aryl methyl sites for hydroxylation is 1. The second kappa shape index (κ2) is 10.6. The highest BCUT2D eigenvalue weighted by atomic mass is 19.4. The van der Waals surface area contributed by atoms with Crippen molar-refractivity contribution in [3.8, 4) is 5.69 Å². The second-order valence-electron chi connectivity index (χ2n) is 9.71. The fourth-order valence-corrected chi connectivity index (χ4v) is 3.68. The van der Waals surface area contributed by atoms with Crippen LogP contribution in [0.15, 0.2) is 54.6 Å². The van der Waals surface area contributed by atoms with Gasteiger partial charge in [-0.3, -0.25) is 9.59 Å². The van der Waals surface area contributed by atoms with Gasteiger partial charge in [0.05, 0.1) is 16.9 Å². The van der Waals surface area contributed by atoms with E-state index in [1.54, 1.807) is 4.68 Å². The summed E-state index contributed by atoms with van der Waals surface area (Å²) < 4.78 is 40.3. The van der Waals surface area contributed by atoms with Crippen molar-refractivity contribution in [2.75, 3.05) is 18.4 Å². The molecule has 192 valence electrons. The summed E-state index contributed by atoms with van der Waals surface area (Å²) in [5.41, 5.74) is 1.56. The summed E-state index contributed by atoms with van der Waals surface area (Å²) >= 11 is 0. The molecule has 1 heterocycles. The lowest BCUT2D eigenvalue weighted by atomic mass is 9.92. The van der Waals surface area contributed by atoms with Crippen molar-refractivity contribution in [2.24, 2.45) is 0 Å². The van der Waals surface area contributed by atoms with Crippen molar-refractivity contribution in [1.29, 1.82) is 0 Å². The van der Waals surface area contributed by atoms with Gasteiger partial charge >= 0.3 is 6.18 Å². The zero-order valence-corrected chi connectivity index (χ0v) is 21.1. The number of alkyl halides is 3. The fraction of sp³-hybridized carbons (Fsp3) is 0.370. The number of halogens is 3. The van der Waals surface area contributed by atoms with E-state index in [1.165, 1.54) is 4.90 Å². The molecular weight excluding hydrogens is 469 g/mol. The Morgan fingerprint density at radius 1 is 1.03 bits per heavy atom. The normalized spacial score (nSPS) is 11.9. The molecule has 0 radical (unpaired) electrons. The molecule has 36 heavy (non-hydrogen) atoms. The zero-order chi connectivity index (χ0) is 26.7. The molecule has 3 aromatic rings. The first-order valence-electron chi connectivity index (χ1n) is 11.7. The molecule has 6 nitrogen and oxygen atoms in total. The Kier molecular flexibility index (Phi) is 7.91. The van der Waals surface area contributed by atoms with Gasteiger partial charge in [-0.2, -0.15) is 18.3 Å². The molecule has 0 saturated carbocycles. The van der Waals surface area contributed by atoms with Gasteiger partial charge in [0.2, 0.25) is 5.91 Å². The molecule has 1 aromatic heterocycles. The Labute approximate surface area is 209 Å². The van der Waals surface area contributed by atoms with Crippen LogP contribution in [-0.2, 0) is 16.4 Å². The van der Waals surface area contributed by atoms with Crippen LogP contribution >= 0.6 is 0 Å². The van der Waals surface area contributed by atoms with Crippen LogP contribution in [0.5, 0.6) is 0 Å². The molecule has 0 spiro atoms. The summed E-state index contributed by atoms with van der Waals surface area (Å²) in [7, 11) is 0. The maximum absolute atomic E-state index is 13.1. The number of rotatable bonds is 7. The Hall–Kier alpha value is -3.62. The number of amides is 2. The minimum atomic E-state index is -4.49. The maximum atomic E-state index is 13.1. The molecule has 2 amide bonds. The Morgan fingerprint density at radius 2 is 1.67 bits per heavy atom. The quantitative estimate of drug-likeness (QED) is 0.434. The molecule has 0 fully saturated rings. The van der Waals surface area contributed by atoms with Gasteiger partial charge in [0, 0.05) is 23.6 Å². The van der Waals surface area contributed by atoms with Crippen LogP contribution in [0, 0.1) is 6.92 Å². The number of aromatic nitrogens is 2. The van der Waals surface area contributed by atoms with Crippen molar-refractivity contribution >= 4 is 17.6 Å². The maximum Gasteiger partial charge on any atom is 0.416 e. The summed E-state index contributed by atoms with van der Waals surface area (Å²) in [5, 5.41) is 7.59. The van der Waals surface area contributed by atoms with Gasteiger partial charge < -0.3 is 10.2 Å². The van der Waals surface area contributed by atoms with Crippen LogP contribution in [0.1, 0.15) is 61.3 Å². The van der Waals surface area contributed by atoms with Gasteiger partial charge in [0.1, 0.15) is 12.4 Å². The van der Waals surface area contributed by atoms with Crippen LogP contribution in [0.25, 0.3) is 5.69 Å². The van der Waals surface area contributed by atoms with Crippen molar-refractivity contribution in [1.82, 2.24) is 14.7 Å². The molecule has 0 bridgehead atoms. The second-order valence-corrected chi connectivity index (χ2v) is 9.71. The monoisotopic (exact) mass is 500 g/mol. The van der Waals surface area contributed by atoms with Gasteiger partial charge in [0.25, 0.3) is 5.91 Å². The lowest BCUT2D eigenvalue weighted by molar-refractivity contribution is -0.137. The summed E-state index contributed by atoms with van der Waals surface area (Å²) in [6.45, 7) is 9.90. The van der Waals surface area contributed by atoms with Crippen LogP contribution in [0.3, 0.4) is 0 Å². The largest absolute Gasteiger partial charge is 0.416 e. The SMILES string of the molecule is CCCN(CC(=O)Nc1cc(C(C)(C)C)nn1-c1ccccc1C)C(=O)c1ccc(C(F)(F)F)cc1. The zero-order valence-electron chi connectivity index (χ0n) is 21.1. The third-order valence-corrected chi connectivity index (χ3v) is 5.66. The van der Waals surface area contributed by atoms with Crippen LogP contribution < -0.4 is 5.32 Å². The molecule has 9 heteroatoms. The number of carbonyl (C=O) groups is 2. The third-order valence-electron chi connectivity index (χ3n) is 5.66. The fourth-order valence-electron chi connectivity index (χ4n) is 3.68. The molecule has 1 N–H and O–H groups in total. The standard InChI is InChI=1S/C27H31F3N4O2/c1-6-15-33(25(36)19-11-13-20(14-12-19)27(28,29)30)17-24(35)31-23-16-22(26(3,4)5)32-34(23)21-10-8-7-9-18(21)2/h7-14,16H,6,15,17H2,1-5H3,(H,31,35). The Balaban J connectivity index is 1.84. The number of carbonyl (C=O) groups excluding carboxylic acids is 2. The average molecular weight is 501 g/mol. The van der Waals surface area contributed by atoms with Crippen LogP contribution in [0.4, 0.5) is 19.0 Å². The average Bonchev–Trinajstić information content (AvgIpc) is 3.22. The van der Waals surface area contributed by atoms with Crippen molar-refractivity contribution in [2.45, 2.75) is 52.6 Å². The highest BCUT2D eigenvalue weighted by Gasteiger charge is 2.30. The van der Waals surface area contributed by atoms with E-state index in [0.29, 0.717) is 12.2 Å². The van der Waals surface area contributed by atoms with Crippen LogP contribution in [0.2, 0.25) is 0 Å². The number of hydrogen-bond acceptors (Lipinski definition) is 3. The number of nitrogens with one attached hydrogen (secondary N) is 1. The smallest absolute Gasteiger partial charge is 0.329 e. The van der Waals surface area contributed by atoms with Gasteiger partial charge in [-0.1, -0.05) is 45.9 Å². The van der Waals surface area contributed by atoms with E-state index in [4.69, 9.17) is 5.10 Å². The molecule has 2 aromatic carbocycles. The van der Waals surface area contributed by atoms with Crippen molar-refractivity contribution in [3.05, 3.63) is 77.0 Å².